The lowest BCUT2D eigenvalue weighted by Gasteiger charge is -2.24. The zero-order valence-corrected chi connectivity index (χ0v) is 15.8. The molecule has 0 amide bonds. The number of allylic oxidation sites excluding steroid dienone is 2. The van der Waals surface area contributed by atoms with Gasteiger partial charge >= 0.3 is 0 Å². The van der Waals surface area contributed by atoms with Gasteiger partial charge in [-0.1, -0.05) is 27.7 Å². The number of benzene rings is 1. The number of aliphatic hydroxyl groups is 2. The van der Waals surface area contributed by atoms with Crippen molar-refractivity contribution in [1.82, 2.24) is 0 Å². The fraction of sp³-hybridized carbons (Fsp3) is 0.350. The lowest BCUT2D eigenvalue weighted by molar-refractivity contribution is -0.124. The lowest BCUT2D eigenvalue weighted by atomic mass is 9.80. The van der Waals surface area contributed by atoms with Crippen molar-refractivity contribution < 1.29 is 39.9 Å². The molecule has 1 aromatic carbocycles. The number of rotatable bonds is 5. The zero-order chi connectivity index (χ0) is 21.5. The number of phenols is 3. The minimum Gasteiger partial charge on any atom is -0.504 e. The Morgan fingerprint density at radius 2 is 1.46 bits per heavy atom. The molecule has 0 aromatic heterocycles. The molecule has 1 aliphatic carbocycles. The van der Waals surface area contributed by atoms with Gasteiger partial charge in [0.2, 0.25) is 11.5 Å². The summed E-state index contributed by atoms with van der Waals surface area (Å²) < 4.78 is 0. The predicted molar refractivity (Wildman–Crippen MR) is 99.1 cm³/mol. The molecular formula is C20H22O8. The van der Waals surface area contributed by atoms with E-state index in [1.54, 1.807) is 27.7 Å². The maximum Gasteiger partial charge on any atom is 0.230 e. The fourth-order valence-corrected chi connectivity index (χ4v) is 2.88. The second-order valence-corrected chi connectivity index (χ2v) is 7.17. The summed E-state index contributed by atoms with van der Waals surface area (Å²) in [5, 5.41) is 50.5. The molecule has 5 N–H and O–H groups in total. The molecule has 8 nitrogen and oxygen atoms in total. The number of ketones is 3. The molecule has 2 rings (SSSR count). The van der Waals surface area contributed by atoms with E-state index in [0.717, 1.165) is 12.1 Å². The first kappa shape index (κ1) is 21.2. The van der Waals surface area contributed by atoms with E-state index >= 15 is 0 Å². The fourth-order valence-electron chi connectivity index (χ4n) is 2.88. The molecule has 0 radical (unpaired) electrons. The minimum absolute atomic E-state index is 0.280. The first-order chi connectivity index (χ1) is 12.9. The van der Waals surface area contributed by atoms with Crippen LogP contribution in [0.5, 0.6) is 17.2 Å². The van der Waals surface area contributed by atoms with E-state index in [1.807, 2.05) is 0 Å². The maximum atomic E-state index is 12.6. The Labute approximate surface area is 161 Å². The summed E-state index contributed by atoms with van der Waals surface area (Å²) in [6, 6.07) is 0.889. The molecule has 28 heavy (non-hydrogen) atoms. The Kier molecular flexibility index (Phi) is 5.65. The van der Waals surface area contributed by atoms with Crippen molar-refractivity contribution in [3.05, 3.63) is 34.6 Å². The Morgan fingerprint density at radius 1 is 0.929 bits per heavy atom. The number of aromatic hydroxyl groups is 3. The lowest BCUT2D eigenvalue weighted by Crippen LogP contribution is -2.29. The van der Waals surface area contributed by atoms with Gasteiger partial charge in [-0.3, -0.25) is 14.4 Å². The molecule has 0 bridgehead atoms. The highest BCUT2D eigenvalue weighted by atomic mass is 16.3. The highest BCUT2D eigenvalue weighted by Gasteiger charge is 2.37. The van der Waals surface area contributed by atoms with Crippen molar-refractivity contribution in [3.8, 4) is 17.2 Å². The smallest absolute Gasteiger partial charge is 0.230 e. The van der Waals surface area contributed by atoms with Gasteiger partial charge in [0, 0.05) is 34.1 Å². The number of aliphatic hydroxyl groups excluding tert-OH is 2. The number of Topliss-reactive ketones (excluding diaryl/α,β-unsaturated/α-hetero) is 3. The summed E-state index contributed by atoms with van der Waals surface area (Å²) in [5.41, 5.74) is -1.52. The second kappa shape index (κ2) is 7.47. The van der Waals surface area contributed by atoms with Crippen LogP contribution in [0.25, 0.3) is 5.57 Å². The molecule has 0 heterocycles. The molecule has 0 aliphatic heterocycles. The van der Waals surface area contributed by atoms with Gasteiger partial charge in [-0.05, 0) is 12.1 Å². The molecule has 150 valence electrons. The van der Waals surface area contributed by atoms with Gasteiger partial charge in [-0.2, -0.15) is 0 Å². The molecular weight excluding hydrogens is 368 g/mol. The Balaban J connectivity index is 2.95. The number of hydrogen-bond acceptors (Lipinski definition) is 8. The molecule has 1 aliphatic rings. The normalized spacial score (nSPS) is 17.3. The largest absolute Gasteiger partial charge is 0.504 e. The van der Waals surface area contributed by atoms with Gasteiger partial charge in [0.15, 0.2) is 28.8 Å². The number of hydrogen-bond donors (Lipinski definition) is 5. The van der Waals surface area contributed by atoms with Crippen molar-refractivity contribution in [3.63, 3.8) is 0 Å². The average Bonchev–Trinajstić information content (AvgIpc) is 2.63. The van der Waals surface area contributed by atoms with E-state index in [9.17, 15) is 39.9 Å². The Morgan fingerprint density at radius 3 is 1.96 bits per heavy atom. The third-order valence-corrected chi connectivity index (χ3v) is 4.42. The summed E-state index contributed by atoms with van der Waals surface area (Å²) in [6.45, 7) is 6.20. The average molecular weight is 390 g/mol. The minimum atomic E-state index is -1.78. The summed E-state index contributed by atoms with van der Waals surface area (Å²) in [7, 11) is 0. The highest BCUT2D eigenvalue weighted by molar-refractivity contribution is 6.22. The van der Waals surface area contributed by atoms with E-state index in [0.29, 0.717) is 0 Å². The van der Waals surface area contributed by atoms with Gasteiger partial charge in [0.1, 0.15) is 6.10 Å². The van der Waals surface area contributed by atoms with Gasteiger partial charge < -0.3 is 25.5 Å². The second-order valence-electron chi connectivity index (χ2n) is 7.17. The van der Waals surface area contributed by atoms with Crippen molar-refractivity contribution in [2.45, 2.75) is 33.8 Å². The number of carbonyl (C=O) groups excluding carboxylic acids is 3. The van der Waals surface area contributed by atoms with Gasteiger partial charge in [0.05, 0.1) is 0 Å². The van der Waals surface area contributed by atoms with Crippen LogP contribution in [0, 0.1) is 11.8 Å². The van der Waals surface area contributed by atoms with E-state index in [2.05, 4.69) is 0 Å². The molecule has 8 heteroatoms. The standard InChI is InChI=1S/C20H22O8/c1-7(2)15(23)9-5-11(21)17(25)19(27)13(9)14-10(16(24)8(3)4)6-12(22)18(26)20(14)28/h5-8,11,21-22,26-28H,1-4H3. The third-order valence-electron chi connectivity index (χ3n) is 4.42. The number of phenolic OH excluding ortho intramolecular Hbond substituents is 3. The van der Waals surface area contributed by atoms with Crippen LogP contribution in [-0.4, -0.2) is 49.0 Å². The molecule has 1 unspecified atom stereocenters. The van der Waals surface area contributed by atoms with Crippen LogP contribution >= 0.6 is 0 Å². The number of carbonyl (C=O) groups is 3. The van der Waals surface area contributed by atoms with Crippen LogP contribution in [0.1, 0.15) is 43.6 Å². The SMILES string of the molecule is CC(C)C(=O)C1=CC(O)C(=O)C(O)=C1c1c(C(=O)C(C)C)cc(O)c(O)c1O. The Bertz CT molecular complexity index is 934. The molecule has 0 fully saturated rings. The monoisotopic (exact) mass is 390 g/mol. The predicted octanol–water partition coefficient (Wildman–Crippen LogP) is 2.01. The molecule has 1 aromatic rings. The van der Waals surface area contributed by atoms with Gasteiger partial charge in [0.25, 0.3) is 0 Å². The molecule has 0 spiro atoms. The zero-order valence-electron chi connectivity index (χ0n) is 15.8. The van der Waals surface area contributed by atoms with E-state index < -0.39 is 69.4 Å². The van der Waals surface area contributed by atoms with E-state index in [4.69, 9.17) is 0 Å². The van der Waals surface area contributed by atoms with Crippen molar-refractivity contribution in [1.29, 1.82) is 0 Å². The summed E-state index contributed by atoms with van der Waals surface area (Å²) >= 11 is 0. The summed E-state index contributed by atoms with van der Waals surface area (Å²) in [5.74, 6) is -7.26. The molecule has 0 saturated carbocycles. The van der Waals surface area contributed by atoms with Crippen LogP contribution in [0.2, 0.25) is 0 Å². The summed E-state index contributed by atoms with van der Waals surface area (Å²) in [4.78, 5) is 37.4. The topological polar surface area (TPSA) is 152 Å². The quantitative estimate of drug-likeness (QED) is 0.378. The summed E-state index contributed by atoms with van der Waals surface area (Å²) in [6.07, 6.45) is -0.856. The van der Waals surface area contributed by atoms with Crippen LogP contribution in [0.3, 0.4) is 0 Å². The van der Waals surface area contributed by atoms with Crippen molar-refractivity contribution in [2.24, 2.45) is 11.8 Å². The maximum absolute atomic E-state index is 12.6. The van der Waals surface area contributed by atoms with Crippen LogP contribution in [0.4, 0.5) is 0 Å². The first-order valence-electron chi connectivity index (χ1n) is 8.64. The van der Waals surface area contributed by atoms with Crippen molar-refractivity contribution >= 4 is 22.9 Å². The van der Waals surface area contributed by atoms with Crippen molar-refractivity contribution in [2.75, 3.05) is 0 Å². The van der Waals surface area contributed by atoms with Crippen LogP contribution < -0.4 is 0 Å². The van der Waals surface area contributed by atoms with E-state index in [1.165, 1.54) is 0 Å². The van der Waals surface area contributed by atoms with Crippen LogP contribution in [-0.2, 0) is 9.59 Å². The Hall–Kier alpha value is -3.13. The van der Waals surface area contributed by atoms with Crippen LogP contribution in [0.15, 0.2) is 23.5 Å². The van der Waals surface area contributed by atoms with Gasteiger partial charge in [-0.25, -0.2) is 0 Å². The van der Waals surface area contributed by atoms with E-state index in [-0.39, 0.29) is 11.1 Å². The molecule has 0 saturated heterocycles. The third kappa shape index (κ3) is 3.38. The first-order valence-corrected chi connectivity index (χ1v) is 8.64. The van der Waals surface area contributed by atoms with Gasteiger partial charge in [-0.15, -0.1) is 0 Å². The highest BCUT2D eigenvalue weighted by Crippen LogP contribution is 2.47. The molecule has 1 atom stereocenters.